The molecule has 7 heteroatoms. The number of hydrogen-bond donors (Lipinski definition) is 0. The number of halogens is 3. The van der Waals surface area contributed by atoms with Crippen LogP contribution < -0.4 is 4.90 Å². The molecule has 0 aromatic heterocycles. The van der Waals surface area contributed by atoms with Crippen molar-refractivity contribution in [2.24, 2.45) is 0 Å². The number of imide groups is 1. The molecular weight excluding hydrogens is 365 g/mol. The number of carbonyl (C=O) groups excluding carboxylic acids is 2. The average Bonchev–Trinajstić information content (AvgIpc) is 2.70. The molecule has 22 heavy (non-hydrogen) atoms. The summed E-state index contributed by atoms with van der Waals surface area (Å²) in [6.07, 6.45) is 0. The fraction of sp³-hybridized carbons (Fsp3) is 0.0667. The first-order chi connectivity index (χ1) is 10.4. The van der Waals surface area contributed by atoms with Crippen LogP contribution in [-0.4, -0.2) is 14.9 Å². The summed E-state index contributed by atoms with van der Waals surface area (Å²) in [5, 5.41) is 0. The molecule has 3 rings (SSSR count). The lowest BCUT2D eigenvalue weighted by molar-refractivity contribution is 0.0926. The van der Waals surface area contributed by atoms with E-state index in [1.54, 1.807) is 48.5 Å². The third-order valence-corrected chi connectivity index (χ3v) is 4.52. The van der Waals surface area contributed by atoms with Gasteiger partial charge < -0.3 is 0 Å². The van der Waals surface area contributed by atoms with E-state index in [1.165, 1.54) is 0 Å². The molecular formula is C15H8Cl3NO2S. The summed E-state index contributed by atoms with van der Waals surface area (Å²) in [7, 11) is 0. The van der Waals surface area contributed by atoms with Crippen LogP contribution in [0.4, 0.5) is 5.69 Å². The van der Waals surface area contributed by atoms with Gasteiger partial charge in [0.15, 0.2) is 0 Å². The van der Waals surface area contributed by atoms with Gasteiger partial charge in [-0.15, -0.1) is 0 Å². The van der Waals surface area contributed by atoms with Gasteiger partial charge in [-0.3, -0.25) is 9.59 Å². The van der Waals surface area contributed by atoms with Gasteiger partial charge in [0.2, 0.25) is 3.12 Å². The quantitative estimate of drug-likeness (QED) is 0.427. The van der Waals surface area contributed by atoms with Crippen LogP contribution in [0.2, 0.25) is 0 Å². The van der Waals surface area contributed by atoms with Gasteiger partial charge in [-0.2, -0.15) is 0 Å². The molecule has 0 radical (unpaired) electrons. The lowest BCUT2D eigenvalue weighted by Gasteiger charge is -2.16. The van der Waals surface area contributed by atoms with Crippen molar-refractivity contribution in [3.05, 3.63) is 59.7 Å². The van der Waals surface area contributed by atoms with Gasteiger partial charge in [0.1, 0.15) is 0 Å². The van der Waals surface area contributed by atoms with Crippen molar-refractivity contribution in [3.8, 4) is 0 Å². The Morgan fingerprint density at radius 1 is 0.864 bits per heavy atom. The van der Waals surface area contributed by atoms with Gasteiger partial charge in [0.05, 0.1) is 16.8 Å². The van der Waals surface area contributed by atoms with Crippen molar-refractivity contribution in [1.29, 1.82) is 0 Å². The van der Waals surface area contributed by atoms with E-state index in [4.69, 9.17) is 34.8 Å². The Kier molecular flexibility index (Phi) is 4.12. The van der Waals surface area contributed by atoms with Crippen molar-refractivity contribution in [1.82, 2.24) is 0 Å². The molecule has 3 nitrogen and oxygen atoms in total. The van der Waals surface area contributed by atoms with Crippen LogP contribution in [0.15, 0.2) is 53.4 Å². The topological polar surface area (TPSA) is 37.4 Å². The van der Waals surface area contributed by atoms with Crippen molar-refractivity contribution >= 4 is 64.1 Å². The normalized spacial score (nSPS) is 14.4. The van der Waals surface area contributed by atoms with Crippen LogP contribution in [0.1, 0.15) is 20.7 Å². The molecule has 112 valence electrons. The Bertz CT molecular complexity index is 738. The first kappa shape index (κ1) is 15.7. The summed E-state index contributed by atoms with van der Waals surface area (Å²) < 4.78 is -1.51. The van der Waals surface area contributed by atoms with Crippen molar-refractivity contribution in [2.45, 2.75) is 8.02 Å². The monoisotopic (exact) mass is 371 g/mol. The van der Waals surface area contributed by atoms with E-state index in [2.05, 4.69) is 0 Å². The molecule has 2 aromatic carbocycles. The molecule has 1 aliphatic rings. The van der Waals surface area contributed by atoms with E-state index in [-0.39, 0.29) is 11.8 Å². The first-order valence-electron chi connectivity index (χ1n) is 6.20. The molecule has 2 amide bonds. The molecule has 0 atom stereocenters. The second-order valence-electron chi connectivity index (χ2n) is 4.54. The van der Waals surface area contributed by atoms with Crippen molar-refractivity contribution in [3.63, 3.8) is 0 Å². The fourth-order valence-corrected chi connectivity index (χ4v) is 3.64. The van der Waals surface area contributed by atoms with Crippen LogP contribution in [-0.2, 0) is 0 Å². The lowest BCUT2D eigenvalue weighted by Crippen LogP contribution is -2.29. The van der Waals surface area contributed by atoms with E-state index in [0.717, 1.165) is 16.7 Å². The molecule has 0 fully saturated rings. The molecule has 0 saturated carbocycles. The SMILES string of the molecule is O=C1c2ccccc2C(=O)N1c1cccc(SC(Cl)(Cl)Cl)c1. The molecule has 0 unspecified atom stereocenters. The zero-order valence-electron chi connectivity index (χ0n) is 10.9. The maximum Gasteiger partial charge on any atom is 0.266 e. The van der Waals surface area contributed by atoms with Gasteiger partial charge in [-0.05, 0) is 30.3 Å². The minimum Gasteiger partial charge on any atom is -0.268 e. The fourth-order valence-electron chi connectivity index (χ4n) is 2.24. The molecule has 0 N–H and O–H groups in total. The summed E-state index contributed by atoms with van der Waals surface area (Å²) in [5.41, 5.74) is 1.24. The zero-order valence-corrected chi connectivity index (χ0v) is 14.0. The minimum atomic E-state index is -1.51. The highest BCUT2D eigenvalue weighted by molar-refractivity contribution is 8.04. The van der Waals surface area contributed by atoms with Crippen molar-refractivity contribution in [2.75, 3.05) is 4.90 Å². The second kappa shape index (κ2) is 5.78. The second-order valence-corrected chi connectivity index (χ2v) is 8.78. The maximum absolute atomic E-state index is 12.4. The van der Waals surface area contributed by atoms with Crippen LogP contribution in [0.3, 0.4) is 0 Å². The summed E-state index contributed by atoms with van der Waals surface area (Å²) >= 11 is 18.3. The Morgan fingerprint density at radius 3 is 2.00 bits per heavy atom. The number of benzene rings is 2. The highest BCUT2D eigenvalue weighted by atomic mass is 35.6. The number of amides is 2. The average molecular weight is 373 g/mol. The van der Waals surface area contributed by atoms with Gasteiger partial charge in [0.25, 0.3) is 11.8 Å². The van der Waals surface area contributed by atoms with Crippen LogP contribution in [0.25, 0.3) is 0 Å². The number of thioether (sulfide) groups is 1. The van der Waals surface area contributed by atoms with Gasteiger partial charge in [0, 0.05) is 4.90 Å². The molecule has 0 spiro atoms. The van der Waals surface area contributed by atoms with Crippen LogP contribution in [0.5, 0.6) is 0 Å². The molecule has 0 aliphatic carbocycles. The summed E-state index contributed by atoms with van der Waals surface area (Å²) in [5.74, 6) is -0.701. The highest BCUT2D eigenvalue weighted by Crippen LogP contribution is 2.44. The number of hydrogen-bond acceptors (Lipinski definition) is 3. The summed E-state index contributed by atoms with van der Waals surface area (Å²) in [6.45, 7) is 0. The third-order valence-electron chi connectivity index (χ3n) is 3.10. The lowest BCUT2D eigenvalue weighted by atomic mass is 10.1. The zero-order chi connectivity index (χ0) is 15.9. The molecule has 1 aliphatic heterocycles. The van der Waals surface area contributed by atoms with Crippen LogP contribution in [0, 0.1) is 0 Å². The van der Waals surface area contributed by atoms with Crippen molar-refractivity contribution < 1.29 is 9.59 Å². The Hall–Kier alpha value is -1.20. The van der Waals surface area contributed by atoms with E-state index in [0.29, 0.717) is 21.7 Å². The third kappa shape index (κ3) is 2.97. The molecule has 2 aromatic rings. The summed E-state index contributed by atoms with van der Waals surface area (Å²) in [4.78, 5) is 26.6. The van der Waals surface area contributed by atoms with Crippen LogP contribution >= 0.6 is 46.6 Å². The number of alkyl halides is 3. The number of carbonyl (C=O) groups is 2. The van der Waals surface area contributed by atoms with E-state index in [9.17, 15) is 9.59 Å². The Balaban J connectivity index is 1.98. The number of rotatable bonds is 2. The molecule has 0 bridgehead atoms. The Labute approximate surface area is 146 Å². The van der Waals surface area contributed by atoms with E-state index < -0.39 is 3.12 Å². The maximum atomic E-state index is 12.4. The van der Waals surface area contributed by atoms with E-state index in [1.807, 2.05) is 0 Å². The highest BCUT2D eigenvalue weighted by Gasteiger charge is 2.36. The molecule has 1 heterocycles. The Morgan fingerprint density at radius 2 is 1.45 bits per heavy atom. The predicted molar refractivity (Wildman–Crippen MR) is 90.2 cm³/mol. The number of fused-ring (bicyclic) bond motifs is 1. The smallest absolute Gasteiger partial charge is 0.266 e. The predicted octanol–water partition coefficient (Wildman–Crippen LogP) is 4.91. The van der Waals surface area contributed by atoms with Gasteiger partial charge in [-0.25, -0.2) is 4.90 Å². The number of anilines is 1. The van der Waals surface area contributed by atoms with Gasteiger partial charge >= 0.3 is 0 Å². The summed E-state index contributed by atoms with van der Waals surface area (Å²) in [6, 6.07) is 13.5. The largest absolute Gasteiger partial charge is 0.268 e. The van der Waals surface area contributed by atoms with E-state index >= 15 is 0 Å². The standard InChI is InChI=1S/C15H8Cl3NO2S/c16-15(17,18)22-10-5-3-4-9(8-10)19-13(20)11-6-1-2-7-12(11)14(19)21/h1-8H. The number of nitrogens with zero attached hydrogens (tertiary/aromatic N) is 1. The first-order valence-corrected chi connectivity index (χ1v) is 8.15. The molecule has 0 saturated heterocycles. The van der Waals surface area contributed by atoms with Gasteiger partial charge in [-0.1, -0.05) is 64.8 Å². The minimum absolute atomic E-state index is 0.350.